The number of hydrogen-bond donors (Lipinski definition) is 0. The van der Waals surface area contributed by atoms with Crippen molar-refractivity contribution in [3.05, 3.63) is 290 Å². The van der Waals surface area contributed by atoms with E-state index < -0.39 is 0 Å². The monoisotopic (exact) mass is 1160 g/mol. The Hall–Kier alpha value is -10.2. The molecule has 4 heteroatoms. The quantitative estimate of drug-likeness (QED) is 0.116. The Kier molecular flexibility index (Phi) is 12.7. The van der Waals surface area contributed by atoms with E-state index in [0.717, 1.165) is 17.1 Å². The Morgan fingerprint density at radius 3 is 1.24 bits per heavy atom. The third-order valence-corrected chi connectivity index (χ3v) is 19.4. The average molecular weight is 1160 g/mol. The molecule has 0 bridgehead atoms. The molecule has 0 saturated heterocycles. The molecule has 13 aromatic carbocycles. The number of nitrogens with zero attached hydrogens (tertiary/aromatic N) is 3. The molecule has 16 rings (SSSR count). The SMILES string of the molecule is CC(C)(C)c1ccc(N2c3cc(-n4c5ccccc5c5ccccc54)ccc3B3c4ccc(-c5c6ccccc6c(-c6ccc(-c7ccccc7)cc6)c6ccccc56)cc4N(c4ccc(C(C)(C)C)cc4-c4ccccc4)c4cc(C(C)(C)C)cc2c43)cc1. The van der Waals surface area contributed by atoms with Crippen molar-refractivity contribution >= 4 is 101 Å². The second-order valence-corrected chi connectivity index (χ2v) is 28.1. The van der Waals surface area contributed by atoms with Crippen LogP contribution in [0.5, 0.6) is 0 Å². The van der Waals surface area contributed by atoms with E-state index in [2.05, 4.69) is 350 Å². The summed E-state index contributed by atoms with van der Waals surface area (Å²) in [5, 5.41) is 7.43. The first-order valence-electron chi connectivity index (χ1n) is 32.0. The molecule has 1 aromatic heterocycles. The first kappa shape index (κ1) is 55.2. The highest BCUT2D eigenvalue weighted by molar-refractivity contribution is 7.00. The highest BCUT2D eigenvalue weighted by Gasteiger charge is 2.45. The molecule has 3 heterocycles. The topological polar surface area (TPSA) is 11.4 Å². The maximum Gasteiger partial charge on any atom is 0.252 e. The van der Waals surface area contributed by atoms with E-state index >= 15 is 0 Å². The molecule has 2 aliphatic heterocycles. The third-order valence-electron chi connectivity index (χ3n) is 19.4. The van der Waals surface area contributed by atoms with E-state index in [1.807, 2.05) is 0 Å². The minimum absolute atomic E-state index is 0.0176. The molecule has 2 aliphatic rings. The number of fused-ring (bicyclic) bond motifs is 9. The van der Waals surface area contributed by atoms with Gasteiger partial charge in [-0.05, 0) is 177 Å². The van der Waals surface area contributed by atoms with Crippen molar-refractivity contribution in [2.45, 2.75) is 78.6 Å². The summed E-state index contributed by atoms with van der Waals surface area (Å²) in [5.41, 5.74) is 27.7. The summed E-state index contributed by atoms with van der Waals surface area (Å²) in [6.45, 7) is 20.9. The molecule has 0 N–H and O–H groups in total. The summed E-state index contributed by atoms with van der Waals surface area (Å²) in [5.74, 6) is 0. The molecule has 0 unspecified atom stereocenters. The van der Waals surface area contributed by atoms with Crippen LogP contribution in [0, 0.1) is 0 Å². The van der Waals surface area contributed by atoms with Crippen molar-refractivity contribution in [3.63, 3.8) is 0 Å². The highest BCUT2D eigenvalue weighted by Crippen LogP contribution is 2.52. The highest BCUT2D eigenvalue weighted by atomic mass is 15.2. The van der Waals surface area contributed by atoms with Crippen LogP contribution in [0.3, 0.4) is 0 Å². The van der Waals surface area contributed by atoms with Crippen LogP contribution in [-0.4, -0.2) is 11.3 Å². The van der Waals surface area contributed by atoms with Crippen molar-refractivity contribution in [2.24, 2.45) is 0 Å². The summed E-state index contributed by atoms with van der Waals surface area (Å²) < 4.78 is 2.48. The Labute approximate surface area is 530 Å². The van der Waals surface area contributed by atoms with Gasteiger partial charge in [-0.25, -0.2) is 0 Å². The predicted molar refractivity (Wildman–Crippen MR) is 388 cm³/mol. The molecule has 0 spiro atoms. The van der Waals surface area contributed by atoms with Crippen LogP contribution in [0.15, 0.2) is 273 Å². The van der Waals surface area contributed by atoms with Crippen LogP contribution < -0.4 is 26.2 Å². The lowest BCUT2D eigenvalue weighted by molar-refractivity contribution is 0.590. The number of para-hydroxylation sites is 2. The van der Waals surface area contributed by atoms with Gasteiger partial charge in [0, 0.05) is 50.5 Å². The zero-order valence-electron chi connectivity index (χ0n) is 52.9. The van der Waals surface area contributed by atoms with E-state index in [4.69, 9.17) is 0 Å². The molecule has 0 saturated carbocycles. The molecule has 0 radical (unpaired) electrons. The minimum Gasteiger partial charge on any atom is -0.311 e. The van der Waals surface area contributed by atoms with Crippen LogP contribution in [0.4, 0.5) is 34.1 Å². The largest absolute Gasteiger partial charge is 0.311 e. The van der Waals surface area contributed by atoms with E-state index in [0.29, 0.717) is 0 Å². The number of aromatic nitrogens is 1. The van der Waals surface area contributed by atoms with Gasteiger partial charge in [-0.15, -0.1) is 0 Å². The molecule has 434 valence electrons. The van der Waals surface area contributed by atoms with Crippen LogP contribution in [-0.2, 0) is 16.2 Å². The van der Waals surface area contributed by atoms with Gasteiger partial charge in [-0.1, -0.05) is 269 Å². The molecule has 0 amide bonds. The second kappa shape index (κ2) is 20.7. The number of rotatable bonds is 7. The van der Waals surface area contributed by atoms with E-state index in [1.54, 1.807) is 0 Å². The fraction of sp³-hybridized carbons (Fsp3) is 0.140. The Bertz CT molecular complexity index is 5060. The molecule has 3 nitrogen and oxygen atoms in total. The van der Waals surface area contributed by atoms with Gasteiger partial charge in [0.15, 0.2) is 0 Å². The normalized spacial score (nSPS) is 13.1. The average Bonchev–Trinajstić information content (AvgIpc) is 1.63. The maximum atomic E-state index is 2.67. The lowest BCUT2D eigenvalue weighted by atomic mass is 9.33. The molecular weight excluding hydrogens is 1090 g/mol. The Morgan fingerprint density at radius 1 is 0.267 bits per heavy atom. The lowest BCUT2D eigenvalue weighted by Gasteiger charge is -2.45. The summed E-state index contributed by atoms with van der Waals surface area (Å²) in [6, 6.07) is 104. The molecule has 0 fully saturated rings. The van der Waals surface area contributed by atoms with Gasteiger partial charge in [0.2, 0.25) is 0 Å². The third kappa shape index (κ3) is 8.93. The number of hydrogen-bond acceptors (Lipinski definition) is 2. The van der Waals surface area contributed by atoms with Gasteiger partial charge in [-0.2, -0.15) is 0 Å². The van der Waals surface area contributed by atoms with Crippen molar-refractivity contribution in [2.75, 3.05) is 9.80 Å². The zero-order valence-corrected chi connectivity index (χ0v) is 52.9. The Balaban J connectivity index is 1.00. The summed E-state index contributed by atoms with van der Waals surface area (Å²) >= 11 is 0. The van der Waals surface area contributed by atoms with Gasteiger partial charge >= 0.3 is 0 Å². The molecule has 14 aromatic rings. The zero-order chi connectivity index (χ0) is 61.4. The van der Waals surface area contributed by atoms with E-state index in [-0.39, 0.29) is 23.0 Å². The number of benzene rings is 13. The van der Waals surface area contributed by atoms with Crippen molar-refractivity contribution in [1.29, 1.82) is 0 Å². The number of anilines is 6. The van der Waals surface area contributed by atoms with Gasteiger partial charge in [0.1, 0.15) is 0 Å². The first-order chi connectivity index (χ1) is 43.6. The van der Waals surface area contributed by atoms with Gasteiger partial charge in [0.05, 0.1) is 16.7 Å². The second-order valence-electron chi connectivity index (χ2n) is 28.1. The van der Waals surface area contributed by atoms with Crippen LogP contribution >= 0.6 is 0 Å². The van der Waals surface area contributed by atoms with E-state index in [1.165, 1.54) is 144 Å². The van der Waals surface area contributed by atoms with Gasteiger partial charge < -0.3 is 14.4 Å². The Morgan fingerprint density at radius 2 is 0.689 bits per heavy atom. The molecule has 90 heavy (non-hydrogen) atoms. The summed E-state index contributed by atoms with van der Waals surface area (Å²) in [4.78, 5) is 5.28. The molecule has 0 aliphatic carbocycles. The standard InChI is InChI=1S/C86H72BN3/c1-84(2,3)60-41-44-63(45-42-60)88-78-54-64(89-74-34-22-20-28-65(74)66-29-21-23-35-75(66)89)46-48-73(78)87-72-47-40-59(82-69-32-18-16-30-67(69)81(68-31-17-19-33-70(68)82)58-38-36-56(37-39-58)55-24-12-10-13-25-55)50-77(72)90(80-53-62(86(7,8)9)52-79(88)83(80)87)76-49-43-61(85(4,5)6)51-71(76)57-26-14-11-15-27-57/h10-54H,1-9H3. The van der Waals surface area contributed by atoms with Crippen LogP contribution in [0.25, 0.3) is 93.5 Å². The summed E-state index contributed by atoms with van der Waals surface area (Å²) in [7, 11) is 0. The van der Waals surface area contributed by atoms with Gasteiger partial charge in [-0.3, -0.25) is 0 Å². The molecule has 0 atom stereocenters. The van der Waals surface area contributed by atoms with Crippen LogP contribution in [0.2, 0.25) is 0 Å². The smallest absolute Gasteiger partial charge is 0.252 e. The van der Waals surface area contributed by atoms with Crippen molar-refractivity contribution in [3.8, 4) is 50.2 Å². The fourth-order valence-corrected chi connectivity index (χ4v) is 14.8. The van der Waals surface area contributed by atoms with Crippen molar-refractivity contribution in [1.82, 2.24) is 4.57 Å². The fourth-order valence-electron chi connectivity index (χ4n) is 14.8. The predicted octanol–water partition coefficient (Wildman–Crippen LogP) is 21.7. The first-order valence-corrected chi connectivity index (χ1v) is 32.0. The lowest BCUT2D eigenvalue weighted by Crippen LogP contribution is -2.61. The molecular formula is C86H72BN3. The van der Waals surface area contributed by atoms with E-state index in [9.17, 15) is 0 Å². The van der Waals surface area contributed by atoms with Crippen molar-refractivity contribution < 1.29 is 0 Å². The van der Waals surface area contributed by atoms with Crippen LogP contribution in [0.1, 0.15) is 79.0 Å². The van der Waals surface area contributed by atoms with Gasteiger partial charge in [0.25, 0.3) is 6.71 Å². The summed E-state index contributed by atoms with van der Waals surface area (Å²) in [6.07, 6.45) is 0. The minimum atomic E-state index is -0.221. The maximum absolute atomic E-state index is 2.67.